The zero-order chi connectivity index (χ0) is 12.5. The van der Waals surface area contributed by atoms with Gasteiger partial charge in [-0.2, -0.15) is 5.10 Å². The zero-order valence-corrected chi connectivity index (χ0v) is 11.2. The molecule has 0 radical (unpaired) electrons. The molecule has 1 aromatic rings. The monoisotopic (exact) mass is 236 g/mol. The molecule has 2 N–H and O–H groups in total. The Morgan fingerprint density at radius 3 is 2.53 bits per heavy atom. The van der Waals surface area contributed by atoms with E-state index in [9.17, 15) is 0 Å². The van der Waals surface area contributed by atoms with Crippen LogP contribution in [0.15, 0.2) is 12.3 Å². The molecule has 0 amide bonds. The fraction of sp³-hybridized carbons (Fsp3) is 0.769. The van der Waals surface area contributed by atoms with E-state index in [1.165, 1.54) is 12.8 Å². The van der Waals surface area contributed by atoms with Crippen LogP contribution in [0.5, 0.6) is 0 Å². The van der Waals surface area contributed by atoms with Crippen molar-refractivity contribution in [2.75, 3.05) is 13.1 Å². The number of nitrogens with two attached hydrogens (primary N) is 1. The predicted octanol–water partition coefficient (Wildman–Crippen LogP) is 1.78. The van der Waals surface area contributed by atoms with Crippen LogP contribution in [0, 0.1) is 0 Å². The van der Waals surface area contributed by atoms with E-state index in [1.807, 2.05) is 12.3 Å². The van der Waals surface area contributed by atoms with Crippen molar-refractivity contribution in [3.05, 3.63) is 18.0 Å². The Kier molecular flexibility index (Phi) is 3.54. The summed E-state index contributed by atoms with van der Waals surface area (Å²) in [6.07, 6.45) is 4.20. The van der Waals surface area contributed by atoms with Crippen LogP contribution >= 0.6 is 0 Å². The van der Waals surface area contributed by atoms with Crippen molar-refractivity contribution >= 4 is 0 Å². The van der Waals surface area contributed by atoms with Crippen LogP contribution in [0.2, 0.25) is 0 Å². The molecule has 0 aliphatic carbocycles. The first-order valence-corrected chi connectivity index (χ1v) is 6.50. The van der Waals surface area contributed by atoms with Crippen molar-refractivity contribution in [3.8, 4) is 0 Å². The molecule has 1 fully saturated rings. The van der Waals surface area contributed by atoms with E-state index in [2.05, 4.69) is 35.5 Å². The van der Waals surface area contributed by atoms with Gasteiger partial charge < -0.3 is 5.73 Å². The summed E-state index contributed by atoms with van der Waals surface area (Å²) < 4.78 is 2.12. The fourth-order valence-electron chi connectivity index (χ4n) is 2.61. The van der Waals surface area contributed by atoms with Gasteiger partial charge in [-0.05, 0) is 39.7 Å². The summed E-state index contributed by atoms with van der Waals surface area (Å²) in [6.45, 7) is 9.74. The second kappa shape index (κ2) is 4.78. The lowest BCUT2D eigenvalue weighted by Gasteiger charge is -2.41. The number of nitrogens with zero attached hydrogens (tertiary/aromatic N) is 3. The van der Waals surface area contributed by atoms with E-state index in [4.69, 9.17) is 5.73 Å². The molecule has 0 aromatic carbocycles. The quantitative estimate of drug-likeness (QED) is 0.851. The number of piperidine rings is 1. The van der Waals surface area contributed by atoms with Gasteiger partial charge in [0.2, 0.25) is 0 Å². The Balaban J connectivity index is 2.00. The lowest BCUT2D eigenvalue weighted by Crippen LogP contribution is -2.46. The van der Waals surface area contributed by atoms with E-state index in [-0.39, 0.29) is 5.54 Å². The molecule has 0 bridgehead atoms. The maximum atomic E-state index is 5.73. The summed E-state index contributed by atoms with van der Waals surface area (Å²) in [7, 11) is 0. The Labute approximate surface area is 104 Å². The van der Waals surface area contributed by atoms with Gasteiger partial charge in [-0.3, -0.25) is 9.58 Å². The number of aromatic nitrogens is 2. The second-order valence-electron chi connectivity index (χ2n) is 5.86. The molecule has 0 unspecified atom stereocenters. The van der Waals surface area contributed by atoms with Gasteiger partial charge in [-0.25, -0.2) is 0 Å². The highest BCUT2D eigenvalue weighted by Crippen LogP contribution is 2.27. The molecule has 17 heavy (non-hydrogen) atoms. The number of hydrogen-bond acceptors (Lipinski definition) is 3. The van der Waals surface area contributed by atoms with Crippen LogP contribution in [0.4, 0.5) is 0 Å². The highest BCUT2D eigenvalue weighted by Gasteiger charge is 2.28. The molecule has 1 saturated heterocycles. The van der Waals surface area contributed by atoms with Crippen LogP contribution in [0.1, 0.15) is 45.3 Å². The van der Waals surface area contributed by atoms with Crippen molar-refractivity contribution in [2.24, 2.45) is 5.73 Å². The molecule has 4 nitrogen and oxygen atoms in total. The van der Waals surface area contributed by atoms with Gasteiger partial charge in [-0.15, -0.1) is 0 Å². The smallest absolute Gasteiger partial charge is 0.0547 e. The van der Waals surface area contributed by atoms with E-state index >= 15 is 0 Å². The van der Waals surface area contributed by atoms with Gasteiger partial charge in [0.25, 0.3) is 0 Å². The van der Waals surface area contributed by atoms with Crippen LogP contribution in [-0.4, -0.2) is 33.3 Å². The topological polar surface area (TPSA) is 47.1 Å². The summed E-state index contributed by atoms with van der Waals surface area (Å²) >= 11 is 0. The minimum absolute atomic E-state index is 0.284. The number of rotatable bonds is 2. The highest BCUT2D eigenvalue weighted by atomic mass is 15.3. The van der Waals surface area contributed by atoms with Crippen molar-refractivity contribution in [3.63, 3.8) is 0 Å². The van der Waals surface area contributed by atoms with Gasteiger partial charge in [-0.1, -0.05) is 0 Å². The zero-order valence-electron chi connectivity index (χ0n) is 11.2. The summed E-state index contributed by atoms with van der Waals surface area (Å²) in [5.74, 6) is 0. The Morgan fingerprint density at radius 1 is 1.35 bits per heavy atom. The third kappa shape index (κ3) is 2.69. The number of hydrogen-bond donors (Lipinski definition) is 1. The third-order valence-electron chi connectivity index (χ3n) is 3.72. The van der Waals surface area contributed by atoms with Gasteiger partial charge in [0.15, 0.2) is 0 Å². The van der Waals surface area contributed by atoms with Crippen molar-refractivity contribution in [1.29, 1.82) is 0 Å². The summed E-state index contributed by atoms with van der Waals surface area (Å²) in [6, 6.07) is 2.55. The summed E-state index contributed by atoms with van der Waals surface area (Å²) in [5.41, 5.74) is 7.16. The molecule has 0 spiro atoms. The lowest BCUT2D eigenvalue weighted by molar-refractivity contribution is 0.0863. The first-order valence-electron chi connectivity index (χ1n) is 6.50. The average molecular weight is 236 g/mol. The standard InChI is InChI=1S/C13H24N4/c1-13(2,3)16-8-5-11(6-9-16)17-12(10-14)4-7-15-17/h4,7,11H,5-6,8-10,14H2,1-3H3. The maximum absolute atomic E-state index is 5.73. The molecule has 1 aromatic heterocycles. The van der Waals surface area contributed by atoms with Crippen molar-refractivity contribution < 1.29 is 0 Å². The second-order valence-corrected chi connectivity index (χ2v) is 5.86. The summed E-state index contributed by atoms with van der Waals surface area (Å²) in [5, 5.41) is 4.42. The lowest BCUT2D eigenvalue weighted by atomic mass is 9.98. The molecule has 4 heteroatoms. The highest BCUT2D eigenvalue weighted by molar-refractivity contribution is 5.02. The Bertz CT molecular complexity index is 356. The first-order chi connectivity index (χ1) is 8.02. The molecular formula is C13H24N4. The molecule has 0 atom stereocenters. The molecule has 2 heterocycles. The van der Waals surface area contributed by atoms with Gasteiger partial charge in [0.1, 0.15) is 0 Å². The van der Waals surface area contributed by atoms with Crippen LogP contribution < -0.4 is 5.73 Å². The molecule has 2 rings (SSSR count). The minimum atomic E-state index is 0.284. The Hall–Kier alpha value is -0.870. The van der Waals surface area contributed by atoms with Crippen LogP contribution in [0.3, 0.4) is 0 Å². The van der Waals surface area contributed by atoms with E-state index in [0.717, 1.165) is 18.8 Å². The minimum Gasteiger partial charge on any atom is -0.325 e. The molecular weight excluding hydrogens is 212 g/mol. The van der Waals surface area contributed by atoms with Crippen LogP contribution in [-0.2, 0) is 6.54 Å². The van der Waals surface area contributed by atoms with Crippen molar-refractivity contribution in [1.82, 2.24) is 14.7 Å². The van der Waals surface area contributed by atoms with Crippen LogP contribution in [0.25, 0.3) is 0 Å². The van der Waals surface area contributed by atoms with Gasteiger partial charge >= 0.3 is 0 Å². The van der Waals surface area contributed by atoms with E-state index in [1.54, 1.807) is 0 Å². The van der Waals surface area contributed by atoms with Crippen molar-refractivity contribution in [2.45, 2.75) is 51.7 Å². The fourth-order valence-corrected chi connectivity index (χ4v) is 2.61. The molecule has 1 aliphatic heterocycles. The first kappa shape index (κ1) is 12.6. The van der Waals surface area contributed by atoms with Gasteiger partial charge in [0.05, 0.1) is 11.7 Å². The normalized spacial score (nSPS) is 19.8. The molecule has 1 aliphatic rings. The molecule has 0 saturated carbocycles. The molecule has 96 valence electrons. The van der Waals surface area contributed by atoms with Gasteiger partial charge in [0, 0.05) is 31.4 Å². The third-order valence-corrected chi connectivity index (χ3v) is 3.72. The van der Waals surface area contributed by atoms with E-state index < -0.39 is 0 Å². The number of likely N-dealkylation sites (tertiary alicyclic amines) is 1. The Morgan fingerprint density at radius 2 is 2.00 bits per heavy atom. The largest absolute Gasteiger partial charge is 0.325 e. The summed E-state index contributed by atoms with van der Waals surface area (Å²) in [4.78, 5) is 2.55. The predicted molar refractivity (Wildman–Crippen MR) is 69.7 cm³/mol. The van der Waals surface area contributed by atoms with E-state index in [0.29, 0.717) is 12.6 Å². The maximum Gasteiger partial charge on any atom is 0.0547 e. The average Bonchev–Trinajstić information content (AvgIpc) is 2.76. The SMILES string of the molecule is CC(C)(C)N1CCC(n2nccc2CN)CC1.